The molecule has 0 amide bonds. The minimum Gasteiger partial charge on any atom is -0.377 e. The van der Waals surface area contributed by atoms with E-state index in [-0.39, 0.29) is 0 Å². The van der Waals surface area contributed by atoms with Crippen LogP contribution in [0, 0.1) is 24.2 Å². The highest BCUT2D eigenvalue weighted by Gasteiger charge is 1.88. The number of unbranched alkanes of at least 4 members (excludes halogenated alkanes) is 6. The van der Waals surface area contributed by atoms with Crippen molar-refractivity contribution in [2.75, 3.05) is 0 Å². The lowest BCUT2D eigenvalue weighted by Crippen LogP contribution is -1.95. The maximum Gasteiger partial charge on any atom is 0.133 e. The summed E-state index contributed by atoms with van der Waals surface area (Å²) in [5.74, 6) is 8.43. The Bertz CT molecular complexity index is 449. The van der Waals surface area contributed by atoms with Crippen molar-refractivity contribution in [3.05, 3.63) is 49.1 Å². The van der Waals surface area contributed by atoms with Crippen LogP contribution < -0.4 is 0 Å². The summed E-state index contributed by atoms with van der Waals surface area (Å²) in [5, 5.41) is 9.12. The van der Waals surface area contributed by atoms with E-state index in [1.165, 1.54) is 6.42 Å². The quantitative estimate of drug-likeness (QED) is 0.247. The average Bonchev–Trinajstić information content (AvgIpc) is 2.54. The largest absolute Gasteiger partial charge is 0.377 e. The van der Waals surface area contributed by atoms with Crippen LogP contribution in [0.25, 0.3) is 0 Å². The van der Waals surface area contributed by atoms with Crippen molar-refractivity contribution >= 4 is 0 Å². The highest BCUT2D eigenvalue weighted by atomic mass is 16.3. The third-order valence-electron chi connectivity index (χ3n) is 2.97. The number of hydrogen-bond donors (Lipinski definition) is 1. The molecule has 1 unspecified atom stereocenters. The molecule has 0 fully saturated rings. The lowest BCUT2D eigenvalue weighted by atomic mass is 10.1. The van der Waals surface area contributed by atoms with Crippen molar-refractivity contribution in [2.45, 2.75) is 57.5 Å². The SMILES string of the molecule is C#CC(O)C=CCCCCC=CC=CC#CCCCCC=C. The molecular formula is C21H28O. The summed E-state index contributed by atoms with van der Waals surface area (Å²) in [7, 11) is 0. The van der Waals surface area contributed by atoms with Gasteiger partial charge in [0.15, 0.2) is 0 Å². The monoisotopic (exact) mass is 296 g/mol. The van der Waals surface area contributed by atoms with E-state index in [1.807, 2.05) is 30.4 Å². The summed E-state index contributed by atoms with van der Waals surface area (Å²) in [6.45, 7) is 3.70. The van der Waals surface area contributed by atoms with Crippen LogP contribution in [0.2, 0.25) is 0 Å². The molecule has 0 heterocycles. The Labute approximate surface area is 136 Å². The summed E-state index contributed by atoms with van der Waals surface area (Å²) >= 11 is 0. The summed E-state index contributed by atoms with van der Waals surface area (Å²) in [5.41, 5.74) is 0. The molecule has 0 aliphatic rings. The first-order valence-electron chi connectivity index (χ1n) is 8.03. The van der Waals surface area contributed by atoms with E-state index >= 15 is 0 Å². The van der Waals surface area contributed by atoms with Gasteiger partial charge in [-0.2, -0.15) is 0 Å². The molecule has 0 radical (unpaired) electrons. The molecule has 22 heavy (non-hydrogen) atoms. The molecule has 0 saturated carbocycles. The first kappa shape index (κ1) is 20.0. The summed E-state index contributed by atoms with van der Waals surface area (Å²) in [6, 6.07) is 0. The van der Waals surface area contributed by atoms with Gasteiger partial charge in [-0.3, -0.25) is 0 Å². The minimum absolute atomic E-state index is 0.742. The zero-order chi connectivity index (χ0) is 16.3. The molecule has 0 spiro atoms. The Kier molecular flexibility index (Phi) is 15.6. The van der Waals surface area contributed by atoms with Crippen LogP contribution in [0.3, 0.4) is 0 Å². The second kappa shape index (κ2) is 17.1. The standard InChI is InChI=1S/C21H28O/c1-3-5-6-7-8-9-10-11-12-13-14-15-16-17-18-19-20-21(22)4-2/h2-3,11-14,19-22H,1,5-8,15-18H2. The smallest absolute Gasteiger partial charge is 0.133 e. The van der Waals surface area contributed by atoms with E-state index in [0.717, 1.165) is 44.9 Å². The number of rotatable bonds is 11. The molecule has 0 saturated heterocycles. The maximum absolute atomic E-state index is 9.12. The zero-order valence-corrected chi connectivity index (χ0v) is 13.5. The molecule has 118 valence electrons. The molecule has 0 aliphatic carbocycles. The van der Waals surface area contributed by atoms with Crippen molar-refractivity contribution in [3.63, 3.8) is 0 Å². The number of aliphatic hydroxyl groups excluding tert-OH is 1. The van der Waals surface area contributed by atoms with Gasteiger partial charge >= 0.3 is 0 Å². The molecule has 0 aliphatic heterocycles. The Morgan fingerprint density at radius 2 is 1.73 bits per heavy atom. The van der Waals surface area contributed by atoms with Gasteiger partial charge in [0.25, 0.3) is 0 Å². The molecule has 1 atom stereocenters. The predicted molar refractivity (Wildman–Crippen MR) is 97.2 cm³/mol. The molecule has 1 N–H and O–H groups in total. The van der Waals surface area contributed by atoms with E-state index in [2.05, 4.69) is 30.4 Å². The molecule has 0 bridgehead atoms. The highest BCUT2D eigenvalue weighted by molar-refractivity contribution is 5.19. The van der Waals surface area contributed by atoms with Crippen molar-refractivity contribution in [1.82, 2.24) is 0 Å². The second-order valence-electron chi connectivity index (χ2n) is 4.97. The third kappa shape index (κ3) is 16.1. The van der Waals surface area contributed by atoms with Crippen LogP contribution in [-0.2, 0) is 0 Å². The van der Waals surface area contributed by atoms with Crippen molar-refractivity contribution in [1.29, 1.82) is 0 Å². The molecular weight excluding hydrogens is 268 g/mol. The number of hydrogen-bond acceptors (Lipinski definition) is 1. The van der Waals surface area contributed by atoms with Gasteiger partial charge in [0.05, 0.1) is 0 Å². The van der Waals surface area contributed by atoms with Crippen molar-refractivity contribution in [2.24, 2.45) is 0 Å². The van der Waals surface area contributed by atoms with Gasteiger partial charge in [-0.1, -0.05) is 48.1 Å². The van der Waals surface area contributed by atoms with E-state index in [9.17, 15) is 0 Å². The third-order valence-corrected chi connectivity index (χ3v) is 2.97. The van der Waals surface area contributed by atoms with Gasteiger partial charge in [-0.15, -0.1) is 13.0 Å². The van der Waals surface area contributed by atoms with Crippen LogP contribution in [0.1, 0.15) is 51.4 Å². The first-order valence-corrected chi connectivity index (χ1v) is 8.03. The summed E-state index contributed by atoms with van der Waals surface area (Å²) in [6.07, 6.45) is 26.6. The molecule has 1 nitrogen and oxygen atoms in total. The average molecular weight is 296 g/mol. The van der Waals surface area contributed by atoms with Crippen molar-refractivity contribution in [3.8, 4) is 24.2 Å². The van der Waals surface area contributed by atoms with E-state index < -0.39 is 6.10 Å². The Morgan fingerprint density at radius 1 is 1.00 bits per heavy atom. The summed E-state index contributed by atoms with van der Waals surface area (Å²) < 4.78 is 0. The van der Waals surface area contributed by atoms with E-state index in [4.69, 9.17) is 11.5 Å². The highest BCUT2D eigenvalue weighted by Crippen LogP contribution is 2.02. The van der Waals surface area contributed by atoms with Gasteiger partial charge in [0, 0.05) is 6.42 Å². The number of allylic oxidation sites excluding steroid dienone is 6. The Morgan fingerprint density at radius 3 is 2.45 bits per heavy atom. The van der Waals surface area contributed by atoms with Gasteiger partial charge in [-0.05, 0) is 57.1 Å². The minimum atomic E-state index is -0.742. The fourth-order valence-corrected chi connectivity index (χ4v) is 1.72. The predicted octanol–water partition coefficient (Wildman–Crippen LogP) is 4.96. The maximum atomic E-state index is 9.12. The van der Waals surface area contributed by atoms with E-state index in [0.29, 0.717) is 0 Å². The fourth-order valence-electron chi connectivity index (χ4n) is 1.72. The normalized spacial score (nSPS) is 12.4. The molecule has 0 aromatic carbocycles. The zero-order valence-electron chi connectivity index (χ0n) is 13.5. The van der Waals surface area contributed by atoms with Crippen LogP contribution in [0.15, 0.2) is 49.1 Å². The van der Waals surface area contributed by atoms with Gasteiger partial charge in [0.2, 0.25) is 0 Å². The number of terminal acetylenes is 1. The van der Waals surface area contributed by atoms with Gasteiger partial charge < -0.3 is 5.11 Å². The van der Waals surface area contributed by atoms with Gasteiger partial charge in [0.1, 0.15) is 6.10 Å². The molecule has 1 heteroatoms. The molecule has 0 aromatic rings. The topological polar surface area (TPSA) is 20.2 Å². The molecule has 0 aromatic heterocycles. The van der Waals surface area contributed by atoms with E-state index in [1.54, 1.807) is 6.08 Å². The summed E-state index contributed by atoms with van der Waals surface area (Å²) in [4.78, 5) is 0. The van der Waals surface area contributed by atoms with Crippen LogP contribution in [0.5, 0.6) is 0 Å². The van der Waals surface area contributed by atoms with Gasteiger partial charge in [-0.25, -0.2) is 0 Å². The second-order valence-corrected chi connectivity index (χ2v) is 4.97. The first-order chi connectivity index (χ1) is 10.8. The number of aliphatic hydroxyl groups is 1. The van der Waals surface area contributed by atoms with Crippen molar-refractivity contribution < 1.29 is 5.11 Å². The Hall–Kier alpha value is -1.96. The van der Waals surface area contributed by atoms with Crippen LogP contribution in [0.4, 0.5) is 0 Å². The fraction of sp³-hybridized carbons (Fsp3) is 0.429. The van der Waals surface area contributed by atoms with Crippen LogP contribution >= 0.6 is 0 Å². The lowest BCUT2D eigenvalue weighted by Gasteiger charge is -1.94. The Balaban J connectivity index is 3.49. The van der Waals surface area contributed by atoms with Crippen LogP contribution in [-0.4, -0.2) is 11.2 Å². The lowest BCUT2D eigenvalue weighted by molar-refractivity contribution is 0.280. The molecule has 0 rings (SSSR count).